The van der Waals surface area contributed by atoms with Crippen molar-refractivity contribution < 1.29 is 18.7 Å². The van der Waals surface area contributed by atoms with Crippen LogP contribution in [0.2, 0.25) is 0 Å². The lowest BCUT2D eigenvalue weighted by Gasteiger charge is -2.22. The van der Waals surface area contributed by atoms with Gasteiger partial charge in [0.25, 0.3) is 0 Å². The quantitative estimate of drug-likeness (QED) is 0.612. The van der Waals surface area contributed by atoms with Crippen LogP contribution in [0.15, 0.2) is 35.0 Å². The number of nitrogens with zero attached hydrogens (tertiary/aromatic N) is 2. The number of fused-ring (bicyclic) bond motifs is 1. The van der Waals surface area contributed by atoms with E-state index in [1.165, 1.54) is 45.4 Å². The smallest absolute Gasteiger partial charge is 0.375 e. The predicted molar refractivity (Wildman–Crippen MR) is 102 cm³/mol. The maximum absolute atomic E-state index is 11.7. The molecule has 3 aromatic rings. The number of aromatic nitrogens is 2. The second-order valence-electron chi connectivity index (χ2n) is 7.08. The summed E-state index contributed by atoms with van der Waals surface area (Å²) in [6.07, 6.45) is 9.93. The third-order valence-electron chi connectivity index (χ3n) is 5.38. The molecule has 0 aliphatic heterocycles. The van der Waals surface area contributed by atoms with Gasteiger partial charge in [-0.15, -0.1) is 0 Å². The van der Waals surface area contributed by atoms with E-state index in [1.807, 2.05) is 18.2 Å². The minimum absolute atomic E-state index is 0.101. The Morgan fingerprint density at radius 1 is 1.26 bits per heavy atom. The Balaban J connectivity index is 1.79. The maximum atomic E-state index is 11.7. The summed E-state index contributed by atoms with van der Waals surface area (Å²) in [6, 6.07) is 5.96. The first kappa shape index (κ1) is 17.6. The molecule has 1 saturated carbocycles. The van der Waals surface area contributed by atoms with Crippen molar-refractivity contribution in [2.24, 2.45) is 5.92 Å². The summed E-state index contributed by atoms with van der Waals surface area (Å²) in [4.78, 5) is 16.0. The molecule has 4 rings (SSSR count). The van der Waals surface area contributed by atoms with E-state index in [2.05, 4.69) is 15.7 Å². The molecular formula is C21H24N2O4. The Kier molecular flexibility index (Phi) is 4.88. The molecule has 0 saturated heterocycles. The Labute approximate surface area is 158 Å². The molecule has 0 atom stereocenters. The van der Waals surface area contributed by atoms with Crippen molar-refractivity contribution in [3.8, 4) is 17.2 Å². The zero-order chi connectivity index (χ0) is 18.8. The second-order valence-corrected chi connectivity index (χ2v) is 7.08. The van der Waals surface area contributed by atoms with Crippen LogP contribution in [0.3, 0.4) is 0 Å². The van der Waals surface area contributed by atoms with Gasteiger partial charge in [0.2, 0.25) is 11.7 Å². The number of carbonyl (C=O) groups excluding carboxylic acids is 1. The summed E-state index contributed by atoms with van der Waals surface area (Å²) < 4.78 is 18.3. The molecule has 2 heterocycles. The third-order valence-corrected chi connectivity index (χ3v) is 5.38. The van der Waals surface area contributed by atoms with Gasteiger partial charge in [-0.25, -0.2) is 9.78 Å². The summed E-state index contributed by atoms with van der Waals surface area (Å²) in [5.74, 6) is 1.48. The summed E-state index contributed by atoms with van der Waals surface area (Å²) in [7, 11) is 3.01. The van der Waals surface area contributed by atoms with Crippen LogP contribution in [0.1, 0.15) is 42.7 Å². The molecule has 2 aromatic heterocycles. The Bertz CT molecular complexity index is 950. The average Bonchev–Trinajstić information content (AvgIpc) is 3.33. The van der Waals surface area contributed by atoms with E-state index in [1.54, 1.807) is 7.11 Å². The van der Waals surface area contributed by atoms with Crippen molar-refractivity contribution in [3.05, 3.63) is 36.4 Å². The van der Waals surface area contributed by atoms with Crippen molar-refractivity contribution in [2.45, 2.75) is 38.6 Å². The second kappa shape index (κ2) is 7.47. The van der Waals surface area contributed by atoms with Crippen LogP contribution in [-0.4, -0.2) is 29.7 Å². The van der Waals surface area contributed by atoms with Gasteiger partial charge in [-0.3, -0.25) is 0 Å². The summed E-state index contributed by atoms with van der Waals surface area (Å²) >= 11 is 0. The highest BCUT2D eigenvalue weighted by Crippen LogP contribution is 2.37. The Morgan fingerprint density at radius 3 is 2.81 bits per heavy atom. The van der Waals surface area contributed by atoms with Crippen molar-refractivity contribution in [3.63, 3.8) is 0 Å². The van der Waals surface area contributed by atoms with Crippen molar-refractivity contribution >= 4 is 16.9 Å². The number of ether oxygens (including phenoxy) is 2. The van der Waals surface area contributed by atoms with Crippen molar-refractivity contribution in [2.75, 3.05) is 14.2 Å². The highest BCUT2D eigenvalue weighted by atomic mass is 16.5. The maximum Gasteiger partial charge on any atom is 0.375 e. The molecule has 6 nitrogen and oxygen atoms in total. The van der Waals surface area contributed by atoms with E-state index >= 15 is 0 Å². The molecule has 27 heavy (non-hydrogen) atoms. The van der Waals surface area contributed by atoms with Crippen LogP contribution < -0.4 is 4.74 Å². The molecule has 0 radical (unpaired) electrons. The van der Waals surface area contributed by atoms with Crippen LogP contribution in [-0.2, 0) is 11.3 Å². The average molecular weight is 368 g/mol. The molecule has 0 N–H and O–H groups in total. The molecule has 1 aliphatic rings. The fourth-order valence-corrected chi connectivity index (χ4v) is 4.05. The van der Waals surface area contributed by atoms with E-state index < -0.39 is 5.97 Å². The molecule has 6 heteroatoms. The number of oxazole rings is 1. The zero-order valence-electron chi connectivity index (χ0n) is 15.7. The molecule has 0 bridgehead atoms. The molecule has 0 spiro atoms. The largest absolute Gasteiger partial charge is 0.495 e. The monoisotopic (exact) mass is 368 g/mol. The first-order valence-corrected chi connectivity index (χ1v) is 9.41. The third kappa shape index (κ3) is 3.31. The lowest BCUT2D eigenvalue weighted by molar-refractivity contribution is 0.0566. The Hall–Kier alpha value is -2.76. The number of carbonyl (C=O) groups is 1. The molecule has 0 unspecified atom stereocenters. The van der Waals surface area contributed by atoms with Gasteiger partial charge in [0.15, 0.2) is 0 Å². The number of esters is 1. The summed E-state index contributed by atoms with van der Waals surface area (Å²) in [5.41, 5.74) is 1.90. The number of methoxy groups -OCH3 is 2. The van der Waals surface area contributed by atoms with E-state index in [0.29, 0.717) is 11.8 Å². The molecule has 1 aliphatic carbocycles. The standard InChI is InChI=1S/C21H24N2O4/c1-25-17-10-6-9-15-16(20-22-11-18(27-20)21(24)26-2)13-23(19(15)17)12-14-7-4-3-5-8-14/h6,9-11,13-14H,3-5,7-8,12H2,1-2H3. The highest BCUT2D eigenvalue weighted by molar-refractivity contribution is 5.98. The van der Waals surface area contributed by atoms with Gasteiger partial charge in [0, 0.05) is 18.1 Å². The summed E-state index contributed by atoms with van der Waals surface area (Å²) in [6.45, 7) is 0.946. The number of rotatable bonds is 5. The molecular weight excluding hydrogens is 344 g/mol. The fourth-order valence-electron chi connectivity index (χ4n) is 4.05. The van der Waals surface area contributed by atoms with Gasteiger partial charge in [-0.05, 0) is 24.8 Å². The van der Waals surface area contributed by atoms with Crippen LogP contribution in [0, 0.1) is 5.92 Å². The molecule has 0 amide bonds. The van der Waals surface area contributed by atoms with Gasteiger partial charge < -0.3 is 18.5 Å². The number of hydrogen-bond donors (Lipinski definition) is 0. The Morgan fingerprint density at radius 2 is 2.07 bits per heavy atom. The van der Waals surface area contributed by atoms with E-state index in [9.17, 15) is 4.79 Å². The molecule has 1 fully saturated rings. The SMILES string of the molecule is COC(=O)c1cnc(-c2cn(CC3CCCCC3)c3c(OC)cccc23)o1. The normalized spacial score (nSPS) is 15.2. The van der Waals surface area contributed by atoms with E-state index in [-0.39, 0.29) is 5.76 Å². The van der Waals surface area contributed by atoms with Crippen molar-refractivity contribution in [1.29, 1.82) is 0 Å². The number of para-hydroxylation sites is 1. The van der Waals surface area contributed by atoms with Gasteiger partial charge in [-0.2, -0.15) is 0 Å². The first-order valence-electron chi connectivity index (χ1n) is 9.41. The minimum Gasteiger partial charge on any atom is -0.495 e. The van der Waals surface area contributed by atoms with Crippen LogP contribution in [0.5, 0.6) is 5.75 Å². The number of benzene rings is 1. The minimum atomic E-state index is -0.530. The van der Waals surface area contributed by atoms with Crippen LogP contribution >= 0.6 is 0 Å². The lowest BCUT2D eigenvalue weighted by atomic mass is 9.89. The lowest BCUT2D eigenvalue weighted by Crippen LogP contribution is -2.13. The van der Waals surface area contributed by atoms with E-state index in [0.717, 1.165) is 28.8 Å². The number of hydrogen-bond acceptors (Lipinski definition) is 5. The topological polar surface area (TPSA) is 66.5 Å². The van der Waals surface area contributed by atoms with Crippen LogP contribution in [0.4, 0.5) is 0 Å². The predicted octanol–water partition coefficient (Wildman–Crippen LogP) is 4.67. The fraction of sp³-hybridized carbons (Fsp3) is 0.429. The molecule has 142 valence electrons. The van der Waals surface area contributed by atoms with Gasteiger partial charge in [-0.1, -0.05) is 31.4 Å². The van der Waals surface area contributed by atoms with Gasteiger partial charge in [0.05, 0.1) is 31.5 Å². The van der Waals surface area contributed by atoms with E-state index in [4.69, 9.17) is 13.9 Å². The van der Waals surface area contributed by atoms with Crippen LogP contribution in [0.25, 0.3) is 22.4 Å². The highest BCUT2D eigenvalue weighted by Gasteiger charge is 2.22. The summed E-state index contributed by atoms with van der Waals surface area (Å²) in [5, 5.41) is 1.00. The zero-order valence-corrected chi connectivity index (χ0v) is 15.7. The van der Waals surface area contributed by atoms with Crippen molar-refractivity contribution in [1.82, 2.24) is 9.55 Å². The molecule has 1 aromatic carbocycles. The van der Waals surface area contributed by atoms with Gasteiger partial charge in [0.1, 0.15) is 5.75 Å². The first-order chi connectivity index (χ1) is 13.2. The van der Waals surface area contributed by atoms with Gasteiger partial charge >= 0.3 is 5.97 Å².